The predicted octanol–water partition coefficient (Wildman–Crippen LogP) is 1.88. The largest absolute Gasteiger partial charge is 0.355 e. The average Bonchev–Trinajstić information content (AvgIpc) is 2.98. The van der Waals surface area contributed by atoms with E-state index in [0.29, 0.717) is 11.6 Å². The third-order valence-electron chi connectivity index (χ3n) is 3.75. The van der Waals surface area contributed by atoms with E-state index in [9.17, 15) is 0 Å². The molecule has 3 N–H and O–H groups in total. The van der Waals surface area contributed by atoms with Crippen LogP contribution in [0.4, 0.5) is 5.82 Å². The lowest BCUT2D eigenvalue weighted by Crippen LogP contribution is -2.39. The average molecular weight is 267 g/mol. The van der Waals surface area contributed by atoms with Crippen LogP contribution in [0.2, 0.25) is 0 Å². The summed E-state index contributed by atoms with van der Waals surface area (Å²) in [6.45, 7) is 1.91. The predicted molar refractivity (Wildman–Crippen MR) is 78.2 cm³/mol. The third-order valence-corrected chi connectivity index (χ3v) is 3.75. The van der Waals surface area contributed by atoms with Crippen LogP contribution in [-0.4, -0.2) is 29.3 Å². The van der Waals surface area contributed by atoms with Gasteiger partial charge < -0.3 is 10.6 Å². The Kier molecular flexibility index (Phi) is 3.40. The van der Waals surface area contributed by atoms with Crippen molar-refractivity contribution in [2.75, 3.05) is 18.0 Å². The molecule has 1 saturated heterocycles. The maximum atomic E-state index is 8.81. The van der Waals surface area contributed by atoms with Gasteiger partial charge in [0, 0.05) is 25.2 Å². The lowest BCUT2D eigenvalue weighted by molar-refractivity contribution is 0.498. The Balaban J connectivity index is 1.77. The van der Waals surface area contributed by atoms with E-state index in [2.05, 4.69) is 27.2 Å². The second-order valence-corrected chi connectivity index (χ2v) is 5.15. The minimum absolute atomic E-state index is 0.322. The van der Waals surface area contributed by atoms with Gasteiger partial charge >= 0.3 is 0 Å². The van der Waals surface area contributed by atoms with Gasteiger partial charge in [0.15, 0.2) is 5.82 Å². The molecule has 2 heterocycles. The number of nitrogens with zero attached hydrogens (tertiary/aromatic N) is 3. The molecule has 1 aromatic heterocycles. The van der Waals surface area contributed by atoms with E-state index in [1.807, 2.05) is 24.3 Å². The standard InChI is InChI=1S/C15H17N5/c16-10-11-1-3-12(4-2-11)14-9-15(19-18-14)20-7-5-13(17)6-8-20/h1-4,9,13H,5-8,17H2,(H,18,19). The first kappa shape index (κ1) is 12.7. The Bertz CT molecular complexity index is 614. The Morgan fingerprint density at radius 2 is 1.95 bits per heavy atom. The maximum absolute atomic E-state index is 8.81. The summed E-state index contributed by atoms with van der Waals surface area (Å²) in [5, 5.41) is 16.2. The first-order valence-corrected chi connectivity index (χ1v) is 6.83. The Labute approximate surface area is 118 Å². The highest BCUT2D eigenvalue weighted by Gasteiger charge is 2.18. The molecule has 0 aliphatic carbocycles. The van der Waals surface area contributed by atoms with E-state index in [1.54, 1.807) is 0 Å². The van der Waals surface area contributed by atoms with Gasteiger partial charge in [0.1, 0.15) is 0 Å². The Hall–Kier alpha value is -2.32. The molecule has 0 spiro atoms. The molecule has 5 nitrogen and oxygen atoms in total. The SMILES string of the molecule is N#Cc1ccc(-c2cc(N3CCC(N)CC3)n[nH]2)cc1. The number of benzene rings is 1. The highest BCUT2D eigenvalue weighted by atomic mass is 15.3. The van der Waals surface area contributed by atoms with Crippen LogP contribution in [0.3, 0.4) is 0 Å². The maximum Gasteiger partial charge on any atom is 0.150 e. The lowest BCUT2D eigenvalue weighted by Gasteiger charge is -2.29. The van der Waals surface area contributed by atoms with Gasteiger partial charge in [-0.1, -0.05) is 12.1 Å². The van der Waals surface area contributed by atoms with E-state index >= 15 is 0 Å². The number of nitriles is 1. The molecule has 5 heteroatoms. The summed E-state index contributed by atoms with van der Waals surface area (Å²) in [6, 6.07) is 12.0. The number of rotatable bonds is 2. The van der Waals surface area contributed by atoms with Crippen molar-refractivity contribution in [2.24, 2.45) is 5.73 Å². The number of nitrogens with two attached hydrogens (primary N) is 1. The Morgan fingerprint density at radius 3 is 2.60 bits per heavy atom. The van der Waals surface area contributed by atoms with Gasteiger partial charge in [-0.05, 0) is 30.5 Å². The van der Waals surface area contributed by atoms with Gasteiger partial charge in [0.2, 0.25) is 0 Å². The number of nitrogens with one attached hydrogen (secondary N) is 1. The molecule has 1 aliphatic rings. The van der Waals surface area contributed by atoms with Gasteiger partial charge in [0.05, 0.1) is 17.3 Å². The Morgan fingerprint density at radius 1 is 1.25 bits per heavy atom. The second-order valence-electron chi connectivity index (χ2n) is 5.15. The fraction of sp³-hybridized carbons (Fsp3) is 0.333. The summed E-state index contributed by atoms with van der Waals surface area (Å²) in [5.41, 5.74) is 8.59. The molecule has 0 amide bonds. The summed E-state index contributed by atoms with van der Waals surface area (Å²) in [7, 11) is 0. The second kappa shape index (κ2) is 5.35. The molecule has 0 bridgehead atoms. The van der Waals surface area contributed by atoms with Crippen LogP contribution in [-0.2, 0) is 0 Å². The van der Waals surface area contributed by atoms with Crippen molar-refractivity contribution in [3.8, 4) is 17.3 Å². The van der Waals surface area contributed by atoms with Crippen LogP contribution in [0.25, 0.3) is 11.3 Å². The summed E-state index contributed by atoms with van der Waals surface area (Å²) in [4.78, 5) is 2.26. The van der Waals surface area contributed by atoms with Gasteiger partial charge in [-0.25, -0.2) is 0 Å². The topological polar surface area (TPSA) is 81.7 Å². The monoisotopic (exact) mass is 267 g/mol. The van der Waals surface area contributed by atoms with E-state index < -0.39 is 0 Å². The van der Waals surface area contributed by atoms with Crippen molar-refractivity contribution in [1.29, 1.82) is 5.26 Å². The summed E-state index contributed by atoms with van der Waals surface area (Å²) < 4.78 is 0. The zero-order valence-corrected chi connectivity index (χ0v) is 11.2. The van der Waals surface area contributed by atoms with E-state index in [-0.39, 0.29) is 0 Å². The first-order valence-electron chi connectivity index (χ1n) is 6.83. The minimum Gasteiger partial charge on any atom is -0.355 e. The summed E-state index contributed by atoms with van der Waals surface area (Å²) in [6.07, 6.45) is 2.03. The van der Waals surface area contributed by atoms with Crippen LogP contribution in [0.1, 0.15) is 18.4 Å². The van der Waals surface area contributed by atoms with Crippen LogP contribution >= 0.6 is 0 Å². The van der Waals surface area contributed by atoms with Crippen molar-refractivity contribution in [1.82, 2.24) is 10.2 Å². The van der Waals surface area contributed by atoms with Crippen LogP contribution in [0.15, 0.2) is 30.3 Å². The molecule has 3 rings (SSSR count). The third kappa shape index (κ3) is 2.51. The van der Waals surface area contributed by atoms with Crippen molar-refractivity contribution < 1.29 is 0 Å². The number of anilines is 1. The molecule has 102 valence electrons. The molecule has 2 aromatic rings. The first-order chi connectivity index (χ1) is 9.76. The lowest BCUT2D eigenvalue weighted by atomic mass is 10.1. The quantitative estimate of drug-likeness (QED) is 0.870. The van der Waals surface area contributed by atoms with Gasteiger partial charge in [0.25, 0.3) is 0 Å². The number of hydrogen-bond acceptors (Lipinski definition) is 4. The zero-order valence-electron chi connectivity index (χ0n) is 11.2. The fourth-order valence-corrected chi connectivity index (χ4v) is 2.47. The van der Waals surface area contributed by atoms with Crippen LogP contribution in [0, 0.1) is 11.3 Å². The zero-order chi connectivity index (χ0) is 13.9. The number of piperidine rings is 1. The molecule has 0 radical (unpaired) electrons. The van der Waals surface area contributed by atoms with Crippen LogP contribution in [0.5, 0.6) is 0 Å². The fourth-order valence-electron chi connectivity index (χ4n) is 2.47. The number of H-pyrrole nitrogens is 1. The molecule has 1 aliphatic heterocycles. The molecule has 0 unspecified atom stereocenters. The molecule has 1 fully saturated rings. The molecule has 0 saturated carbocycles. The summed E-state index contributed by atoms with van der Waals surface area (Å²) in [5.74, 6) is 0.969. The molecular weight excluding hydrogens is 250 g/mol. The molecular formula is C15H17N5. The number of hydrogen-bond donors (Lipinski definition) is 2. The van der Waals surface area contributed by atoms with Crippen LogP contribution < -0.4 is 10.6 Å². The van der Waals surface area contributed by atoms with E-state index in [1.165, 1.54) is 0 Å². The number of aromatic nitrogens is 2. The van der Waals surface area contributed by atoms with Crippen molar-refractivity contribution >= 4 is 5.82 Å². The smallest absolute Gasteiger partial charge is 0.150 e. The van der Waals surface area contributed by atoms with E-state index in [4.69, 9.17) is 11.0 Å². The molecule has 1 aromatic carbocycles. The summed E-state index contributed by atoms with van der Waals surface area (Å²) >= 11 is 0. The molecule has 0 atom stereocenters. The van der Waals surface area contributed by atoms with Crippen molar-refractivity contribution in [3.63, 3.8) is 0 Å². The van der Waals surface area contributed by atoms with Gasteiger partial charge in [-0.2, -0.15) is 10.4 Å². The van der Waals surface area contributed by atoms with Crippen molar-refractivity contribution in [2.45, 2.75) is 18.9 Å². The van der Waals surface area contributed by atoms with Gasteiger partial charge in [-0.3, -0.25) is 5.10 Å². The normalized spacial score (nSPS) is 16.1. The number of aromatic amines is 1. The van der Waals surface area contributed by atoms with Crippen molar-refractivity contribution in [3.05, 3.63) is 35.9 Å². The highest BCUT2D eigenvalue weighted by Crippen LogP contribution is 2.24. The van der Waals surface area contributed by atoms with Gasteiger partial charge in [-0.15, -0.1) is 0 Å². The molecule has 20 heavy (non-hydrogen) atoms. The minimum atomic E-state index is 0.322. The van der Waals surface area contributed by atoms with E-state index in [0.717, 1.165) is 43.0 Å². The highest BCUT2D eigenvalue weighted by molar-refractivity contribution is 5.64.